The lowest BCUT2D eigenvalue weighted by molar-refractivity contribution is -0.288. The Hall–Kier alpha value is -6.17. The van der Waals surface area contributed by atoms with Crippen LogP contribution >= 0.6 is 45.3 Å². The van der Waals surface area contributed by atoms with Crippen LogP contribution in [0.15, 0.2) is 71.4 Å². The summed E-state index contributed by atoms with van der Waals surface area (Å²) in [6.45, 7) is 9.02. The van der Waals surface area contributed by atoms with E-state index < -0.39 is 110 Å². The molecule has 0 saturated carbocycles. The Kier molecular flexibility index (Phi) is 17.3. The smallest absolute Gasteiger partial charge is 0.303 e. The maximum Gasteiger partial charge on any atom is 0.303 e. The van der Waals surface area contributed by atoms with Crippen molar-refractivity contribution in [2.24, 2.45) is 5.92 Å². The Labute approximate surface area is 423 Å². The molecule has 1 aromatic carbocycles. The zero-order chi connectivity index (χ0) is 51.1. The van der Waals surface area contributed by atoms with Gasteiger partial charge >= 0.3 is 41.8 Å². The molecular weight excluding hydrogens is 1000 g/mol. The lowest BCUT2D eigenvalue weighted by atomic mass is 9.91. The fourth-order valence-electron chi connectivity index (χ4n) is 7.95. The molecule has 0 bridgehead atoms. The molecule has 18 nitrogen and oxygen atoms in total. The molecule has 6 heterocycles. The number of carbonyl (C=O) groups is 7. The lowest BCUT2D eigenvalue weighted by Crippen LogP contribution is -2.63. The third-order valence-corrected chi connectivity index (χ3v) is 15.2. The minimum Gasteiger partial charge on any atom is -0.464 e. The van der Waals surface area contributed by atoms with Crippen molar-refractivity contribution < 1.29 is 85.7 Å². The molecule has 0 aliphatic carbocycles. The maximum absolute atomic E-state index is 12.9. The Bertz CT molecular complexity index is 2710. The normalized spacial score (nSPS) is 23.9. The van der Waals surface area contributed by atoms with Crippen LogP contribution < -0.4 is 9.47 Å². The van der Waals surface area contributed by atoms with E-state index in [0.717, 1.165) is 40.3 Å². The molecule has 22 heteroatoms. The summed E-state index contributed by atoms with van der Waals surface area (Å²) in [4.78, 5) is 92.6. The van der Waals surface area contributed by atoms with Gasteiger partial charge in [0.2, 0.25) is 18.7 Å². The van der Waals surface area contributed by atoms with Crippen LogP contribution in [-0.4, -0.2) is 110 Å². The minimum absolute atomic E-state index is 0.150. The number of rotatable bonds is 17. The van der Waals surface area contributed by atoms with Gasteiger partial charge in [-0.3, -0.25) is 33.6 Å². The van der Waals surface area contributed by atoms with Crippen LogP contribution in [0.2, 0.25) is 0 Å². The van der Waals surface area contributed by atoms with E-state index in [2.05, 4.69) is 0 Å². The summed E-state index contributed by atoms with van der Waals surface area (Å²) in [6.07, 6.45) is -12.1. The number of carbonyl (C=O) groups excluding carboxylic acids is 7. The highest BCUT2D eigenvalue weighted by atomic mass is 32.1. The van der Waals surface area contributed by atoms with Gasteiger partial charge in [0.15, 0.2) is 18.3 Å². The van der Waals surface area contributed by atoms with E-state index in [-0.39, 0.29) is 18.1 Å². The Morgan fingerprint density at radius 3 is 1.25 bits per heavy atom. The van der Waals surface area contributed by atoms with Gasteiger partial charge in [0.25, 0.3) is 0 Å². The highest BCUT2D eigenvalue weighted by molar-refractivity contribution is 7.23. The monoisotopic (exact) mass is 1050 g/mol. The van der Waals surface area contributed by atoms with Gasteiger partial charge in [0, 0.05) is 88.9 Å². The second-order valence-electron chi connectivity index (χ2n) is 16.3. The fraction of sp³-hybridized carbons (Fsp3) is 0.408. The zero-order valence-corrected chi connectivity index (χ0v) is 42.9. The fourth-order valence-corrected chi connectivity index (χ4v) is 11.7. The molecule has 2 saturated heterocycles. The number of thiophene rings is 4. The van der Waals surface area contributed by atoms with Crippen LogP contribution in [0.5, 0.6) is 11.5 Å². The molecule has 6 unspecified atom stereocenters. The summed E-state index contributed by atoms with van der Waals surface area (Å²) >= 11 is 5.95. The molecule has 2 fully saturated rings. The standard InChI is InChI=1S/C49H50O18S4/c1-23-43(59-26(4)52)44(60-27(5)53)35(21-57-24(2)50)66-48(23)64-33-19-32(38-14-16-42(71-38)40-12-10-18-69-40)34(20-31(33)37-13-15-41(70-37)39-11-9-17-68-39)65-49-47(63-30(8)56)46(62-29(7)55)45(61-28(6)54)36(67-49)22-58-25(3)51/h9-20,23,35-36,43-49H,21-22H2,1-8H3/t23?,35?,36?,43?,44-,45-,46?,47?,48-,49-/m1/s1. The largest absolute Gasteiger partial charge is 0.464 e. The number of ether oxygens (including phenoxy) is 11. The molecule has 5 aromatic rings. The third kappa shape index (κ3) is 13.2. The van der Waals surface area contributed by atoms with Gasteiger partial charge in [0.1, 0.15) is 43.0 Å². The van der Waals surface area contributed by atoms with Crippen LogP contribution in [0.3, 0.4) is 0 Å². The van der Waals surface area contributed by atoms with E-state index in [0.29, 0.717) is 20.9 Å². The van der Waals surface area contributed by atoms with E-state index in [9.17, 15) is 33.6 Å². The minimum atomic E-state index is -1.61. The summed E-state index contributed by atoms with van der Waals surface area (Å²) in [5.74, 6) is -5.51. The number of hydrogen-bond donors (Lipinski definition) is 0. The van der Waals surface area contributed by atoms with Crippen molar-refractivity contribution in [3.8, 4) is 51.9 Å². The van der Waals surface area contributed by atoms with Gasteiger partial charge in [-0.15, -0.1) is 45.3 Å². The van der Waals surface area contributed by atoms with Crippen molar-refractivity contribution in [1.29, 1.82) is 0 Å². The summed E-state index contributed by atoms with van der Waals surface area (Å²) in [6, 6.07) is 18.9. The van der Waals surface area contributed by atoms with Crippen LogP contribution in [0.1, 0.15) is 55.4 Å². The lowest BCUT2D eigenvalue weighted by Gasteiger charge is -2.44. The van der Waals surface area contributed by atoms with Crippen LogP contribution in [0.25, 0.3) is 40.4 Å². The predicted molar refractivity (Wildman–Crippen MR) is 258 cm³/mol. The maximum atomic E-state index is 12.9. The number of esters is 7. The van der Waals surface area contributed by atoms with Crippen molar-refractivity contribution in [3.05, 3.63) is 71.4 Å². The molecule has 2 aliphatic heterocycles. The molecule has 0 amide bonds. The van der Waals surface area contributed by atoms with E-state index in [4.69, 9.17) is 52.1 Å². The average molecular weight is 1060 g/mol. The topological polar surface area (TPSA) is 221 Å². The summed E-state index contributed by atoms with van der Waals surface area (Å²) in [7, 11) is 0. The highest BCUT2D eigenvalue weighted by Crippen LogP contribution is 2.49. The third-order valence-electron chi connectivity index (χ3n) is 10.8. The molecule has 10 atom stereocenters. The first kappa shape index (κ1) is 52.6. The molecule has 7 rings (SSSR count). The first-order chi connectivity index (χ1) is 33.8. The van der Waals surface area contributed by atoms with Gasteiger partial charge in [0.05, 0.1) is 5.92 Å². The van der Waals surface area contributed by atoms with Crippen LogP contribution in [-0.2, 0) is 76.2 Å². The second kappa shape index (κ2) is 23.4. The summed E-state index contributed by atoms with van der Waals surface area (Å²) in [5, 5.41) is 3.91. The molecule has 0 spiro atoms. The van der Waals surface area contributed by atoms with Crippen molar-refractivity contribution in [2.45, 2.75) is 111 Å². The Balaban J connectivity index is 1.42. The predicted octanol–water partition coefficient (Wildman–Crippen LogP) is 8.23. The van der Waals surface area contributed by atoms with Crippen molar-refractivity contribution in [2.75, 3.05) is 13.2 Å². The van der Waals surface area contributed by atoms with Crippen molar-refractivity contribution in [3.63, 3.8) is 0 Å². The first-order valence-electron chi connectivity index (χ1n) is 22.1. The molecule has 0 radical (unpaired) electrons. The summed E-state index contributed by atoms with van der Waals surface area (Å²) < 4.78 is 65.9. The Morgan fingerprint density at radius 1 is 0.451 bits per heavy atom. The first-order valence-corrected chi connectivity index (χ1v) is 25.5. The number of hydrogen-bond acceptors (Lipinski definition) is 22. The van der Waals surface area contributed by atoms with Crippen LogP contribution in [0.4, 0.5) is 0 Å². The van der Waals surface area contributed by atoms with E-state index in [1.165, 1.54) is 50.4 Å². The molecule has 2 aliphatic rings. The van der Waals surface area contributed by atoms with Gasteiger partial charge in [-0.1, -0.05) is 19.1 Å². The molecule has 378 valence electrons. The Morgan fingerprint density at radius 2 is 0.831 bits per heavy atom. The molecular formula is C49H50O18S4. The SMILES string of the molecule is CC(=O)OCC1O[C@@H](Oc2cc(-c3ccc(-c4cccs4)s3)c(O[C@@H]3OC(COC(C)=O)[C@@H](OC(C)=O)C(OC(C)=O)C3OC(C)=O)cc2-c2ccc(-c3cccs3)s2)C(C)C(OC(C)=O)[C@@H]1OC(C)=O. The van der Waals surface area contributed by atoms with Gasteiger partial charge in [-0.05, 0) is 59.3 Å². The van der Waals surface area contributed by atoms with E-state index in [1.807, 2.05) is 59.3 Å². The second-order valence-corrected chi connectivity index (χ2v) is 20.3. The average Bonchev–Trinajstić information content (AvgIpc) is 4.15. The van der Waals surface area contributed by atoms with E-state index >= 15 is 0 Å². The van der Waals surface area contributed by atoms with Crippen molar-refractivity contribution in [1.82, 2.24) is 0 Å². The van der Waals surface area contributed by atoms with Gasteiger partial charge in [-0.2, -0.15) is 0 Å². The van der Waals surface area contributed by atoms with Gasteiger partial charge < -0.3 is 52.1 Å². The molecule has 4 aromatic heterocycles. The molecule has 71 heavy (non-hydrogen) atoms. The summed E-state index contributed by atoms with van der Waals surface area (Å²) in [5.41, 5.74) is 0.879. The van der Waals surface area contributed by atoms with E-state index in [1.54, 1.807) is 41.7 Å². The van der Waals surface area contributed by atoms with Crippen molar-refractivity contribution >= 4 is 87.1 Å². The van der Waals surface area contributed by atoms with Gasteiger partial charge in [-0.25, -0.2) is 0 Å². The quantitative estimate of drug-likeness (QED) is 0.0632. The zero-order valence-electron chi connectivity index (χ0n) is 39.6. The highest BCUT2D eigenvalue weighted by Gasteiger charge is 2.54. The number of benzene rings is 1. The molecule has 0 N–H and O–H groups in total. The van der Waals surface area contributed by atoms with Crippen LogP contribution in [0, 0.1) is 5.92 Å².